The number of pyridine rings is 2. The lowest BCUT2D eigenvalue weighted by atomic mass is 9.96. The van der Waals surface area contributed by atoms with Gasteiger partial charge in [0.1, 0.15) is 11.6 Å². The molecule has 2 saturated heterocycles. The lowest BCUT2D eigenvalue weighted by Crippen LogP contribution is -2.51. The zero-order chi connectivity index (χ0) is 29.9. The molecule has 0 spiro atoms. The van der Waals surface area contributed by atoms with Crippen molar-refractivity contribution in [2.45, 2.75) is 50.6 Å². The minimum absolute atomic E-state index is 0. The molecular formula is C32H44N10OS2. The van der Waals surface area contributed by atoms with Gasteiger partial charge in [-0.15, -0.1) is 22.7 Å². The van der Waals surface area contributed by atoms with Crippen molar-refractivity contribution in [3.63, 3.8) is 0 Å². The lowest BCUT2D eigenvalue weighted by Gasteiger charge is -2.40. The number of aryl methyl sites for hydroxylation is 2. The van der Waals surface area contributed by atoms with Crippen LogP contribution in [-0.2, 0) is 25.7 Å². The number of hydrogen-bond acceptors (Lipinski definition) is 12. The quantitative estimate of drug-likeness (QED) is 0.339. The molecule has 45 heavy (non-hydrogen) atoms. The maximum Gasteiger partial charge on any atom is 0.180 e. The van der Waals surface area contributed by atoms with Gasteiger partial charge in [0, 0.05) is 86.6 Å². The van der Waals surface area contributed by atoms with Crippen molar-refractivity contribution in [2.75, 3.05) is 73.6 Å². The minimum atomic E-state index is 0. The van der Waals surface area contributed by atoms with E-state index in [1.165, 1.54) is 34.0 Å². The number of piperazine rings is 2. The van der Waals surface area contributed by atoms with E-state index in [-0.39, 0.29) is 5.48 Å². The molecule has 2 aliphatic carbocycles. The Morgan fingerprint density at radius 2 is 1.02 bits per heavy atom. The van der Waals surface area contributed by atoms with E-state index in [1.54, 1.807) is 22.7 Å². The molecule has 2 aliphatic heterocycles. The highest BCUT2D eigenvalue weighted by Gasteiger charge is 2.30. The average molecular weight is 649 g/mol. The first-order chi connectivity index (χ1) is 21.6. The topological polar surface area (TPSA) is 148 Å². The molecule has 0 radical (unpaired) electrons. The first-order valence-electron chi connectivity index (χ1n) is 15.9. The number of hydrogen-bond donors (Lipinski definition) is 2. The molecule has 8 rings (SSSR count). The van der Waals surface area contributed by atoms with E-state index in [1.807, 2.05) is 24.5 Å². The van der Waals surface area contributed by atoms with E-state index >= 15 is 0 Å². The number of aromatic nitrogens is 4. The fourth-order valence-electron chi connectivity index (χ4n) is 7.09. The molecule has 2 fully saturated rings. The molecule has 13 heteroatoms. The van der Waals surface area contributed by atoms with Crippen LogP contribution >= 0.6 is 22.7 Å². The van der Waals surface area contributed by atoms with Crippen molar-refractivity contribution < 1.29 is 5.48 Å². The lowest BCUT2D eigenvalue weighted by molar-refractivity contribution is 0.170. The van der Waals surface area contributed by atoms with Crippen LogP contribution in [0, 0.1) is 0 Å². The number of anilines is 4. The highest BCUT2D eigenvalue weighted by molar-refractivity contribution is 7.15. The van der Waals surface area contributed by atoms with Crippen molar-refractivity contribution >= 4 is 44.6 Å². The fourth-order valence-corrected chi connectivity index (χ4v) is 8.99. The van der Waals surface area contributed by atoms with E-state index < -0.39 is 0 Å². The molecule has 2 unspecified atom stereocenters. The number of nitrogen functional groups attached to an aromatic ring is 2. The number of nitrogens with two attached hydrogens (primary N) is 2. The van der Waals surface area contributed by atoms with E-state index in [0.717, 1.165) is 99.9 Å². The van der Waals surface area contributed by atoms with E-state index in [4.69, 9.17) is 11.5 Å². The maximum atomic E-state index is 5.85. The summed E-state index contributed by atoms with van der Waals surface area (Å²) < 4.78 is 0. The predicted molar refractivity (Wildman–Crippen MR) is 184 cm³/mol. The predicted octanol–water partition coefficient (Wildman–Crippen LogP) is 2.77. The molecule has 0 saturated carbocycles. The average Bonchev–Trinajstić information content (AvgIpc) is 3.65. The van der Waals surface area contributed by atoms with E-state index in [9.17, 15) is 0 Å². The second kappa shape index (κ2) is 14.4. The SMILES string of the molecule is Nc1nc2c(s1)CC(N1CCN(c3ccccn3)CC1)CC2.Nc1nc2c(s1)CC(N1CCN(c3ccccn3)CC1)CC2.O. The molecule has 4 aromatic rings. The highest BCUT2D eigenvalue weighted by Crippen LogP contribution is 2.32. The smallest absolute Gasteiger partial charge is 0.180 e. The second-order valence-electron chi connectivity index (χ2n) is 12.1. The third-order valence-electron chi connectivity index (χ3n) is 9.47. The van der Waals surface area contributed by atoms with Crippen LogP contribution in [0.5, 0.6) is 0 Å². The highest BCUT2D eigenvalue weighted by atomic mass is 32.1. The normalized spacial score (nSPS) is 22.0. The minimum Gasteiger partial charge on any atom is -0.412 e. The third kappa shape index (κ3) is 7.39. The molecule has 6 heterocycles. The summed E-state index contributed by atoms with van der Waals surface area (Å²) in [6.45, 7) is 8.71. The van der Waals surface area contributed by atoms with Crippen LogP contribution in [0.2, 0.25) is 0 Å². The Morgan fingerprint density at radius 3 is 1.40 bits per heavy atom. The molecule has 11 nitrogen and oxygen atoms in total. The van der Waals surface area contributed by atoms with Crippen LogP contribution < -0.4 is 21.3 Å². The van der Waals surface area contributed by atoms with Crippen molar-refractivity contribution in [2.24, 2.45) is 0 Å². The van der Waals surface area contributed by atoms with Gasteiger partial charge in [0.25, 0.3) is 0 Å². The summed E-state index contributed by atoms with van der Waals surface area (Å²) in [4.78, 5) is 30.7. The zero-order valence-corrected chi connectivity index (χ0v) is 27.4. The maximum absolute atomic E-state index is 5.85. The molecule has 0 aromatic carbocycles. The van der Waals surface area contributed by atoms with Crippen LogP contribution in [0.25, 0.3) is 0 Å². The Bertz CT molecular complexity index is 1390. The summed E-state index contributed by atoms with van der Waals surface area (Å²) in [6.07, 6.45) is 10.6. The van der Waals surface area contributed by atoms with Gasteiger partial charge in [-0.05, 0) is 62.8 Å². The van der Waals surface area contributed by atoms with Crippen molar-refractivity contribution in [3.05, 3.63) is 69.9 Å². The Hall–Kier alpha value is -3.36. The summed E-state index contributed by atoms with van der Waals surface area (Å²) >= 11 is 3.35. The molecule has 2 atom stereocenters. The number of thiazole rings is 2. The number of fused-ring (bicyclic) bond motifs is 2. The molecule has 6 N–H and O–H groups in total. The van der Waals surface area contributed by atoms with Gasteiger partial charge in [0.2, 0.25) is 0 Å². The van der Waals surface area contributed by atoms with Crippen molar-refractivity contribution in [1.82, 2.24) is 29.7 Å². The summed E-state index contributed by atoms with van der Waals surface area (Å²) in [5.74, 6) is 2.20. The van der Waals surface area contributed by atoms with E-state index in [0.29, 0.717) is 12.1 Å². The first kappa shape index (κ1) is 31.6. The summed E-state index contributed by atoms with van der Waals surface area (Å²) in [6, 6.07) is 13.6. The third-order valence-corrected chi connectivity index (χ3v) is 11.4. The van der Waals surface area contributed by atoms with Crippen LogP contribution in [0.1, 0.15) is 34.0 Å². The standard InChI is InChI=1S/2C16H21N5S.H2O/c2*17-16-19-13-5-4-12(11-14(13)22-16)20-7-9-21(10-8-20)15-3-1-2-6-18-15;/h2*1-3,6,12H,4-5,7-11H2,(H2,17,19);1H2. The number of rotatable bonds is 4. The van der Waals surface area contributed by atoms with Gasteiger partial charge in [-0.1, -0.05) is 12.1 Å². The first-order valence-corrected chi connectivity index (χ1v) is 17.5. The monoisotopic (exact) mass is 648 g/mol. The van der Waals surface area contributed by atoms with Crippen molar-refractivity contribution in [1.29, 1.82) is 0 Å². The molecule has 0 bridgehead atoms. The molecule has 240 valence electrons. The van der Waals surface area contributed by atoms with Gasteiger partial charge in [0.05, 0.1) is 11.4 Å². The Kier molecular flexibility index (Phi) is 10.1. The molecular weight excluding hydrogens is 605 g/mol. The van der Waals surface area contributed by atoms with Gasteiger partial charge in [-0.3, -0.25) is 9.80 Å². The summed E-state index contributed by atoms with van der Waals surface area (Å²) in [5.41, 5.74) is 14.2. The Labute approximate surface area is 273 Å². The van der Waals surface area contributed by atoms with E-state index in [2.05, 4.69) is 63.8 Å². The second-order valence-corrected chi connectivity index (χ2v) is 14.3. The summed E-state index contributed by atoms with van der Waals surface area (Å²) in [7, 11) is 0. The fraction of sp³-hybridized carbons (Fsp3) is 0.500. The Balaban J connectivity index is 0.000000155. The zero-order valence-electron chi connectivity index (χ0n) is 25.7. The molecule has 4 aromatic heterocycles. The van der Waals surface area contributed by atoms with Gasteiger partial charge in [-0.2, -0.15) is 0 Å². The Morgan fingerprint density at radius 1 is 0.600 bits per heavy atom. The van der Waals surface area contributed by atoms with Gasteiger partial charge in [-0.25, -0.2) is 19.9 Å². The van der Waals surface area contributed by atoms with Gasteiger partial charge < -0.3 is 26.7 Å². The van der Waals surface area contributed by atoms with Crippen LogP contribution in [0.3, 0.4) is 0 Å². The van der Waals surface area contributed by atoms with Crippen molar-refractivity contribution in [3.8, 4) is 0 Å². The van der Waals surface area contributed by atoms with Gasteiger partial charge >= 0.3 is 0 Å². The summed E-state index contributed by atoms with van der Waals surface area (Å²) in [5, 5.41) is 1.45. The molecule has 4 aliphatic rings. The number of nitrogens with zero attached hydrogens (tertiary/aromatic N) is 8. The van der Waals surface area contributed by atoms with Gasteiger partial charge in [0.15, 0.2) is 10.3 Å². The molecule has 0 amide bonds. The van der Waals surface area contributed by atoms with Crippen LogP contribution in [0.4, 0.5) is 21.9 Å². The largest absolute Gasteiger partial charge is 0.412 e. The van der Waals surface area contributed by atoms with Crippen LogP contribution in [-0.4, -0.2) is 99.7 Å². The van der Waals surface area contributed by atoms with Crippen LogP contribution in [0.15, 0.2) is 48.8 Å².